The van der Waals surface area contributed by atoms with Crippen molar-refractivity contribution in [2.45, 2.75) is 18.7 Å². The van der Waals surface area contributed by atoms with Gasteiger partial charge in [-0.05, 0) is 55.3 Å². The molecule has 21 heavy (non-hydrogen) atoms. The summed E-state index contributed by atoms with van der Waals surface area (Å²) in [6, 6.07) is 6.52. The number of anilines is 2. The molecule has 2 rings (SSSR count). The molecule has 2 aromatic carbocycles. The molecule has 0 atom stereocenters. The summed E-state index contributed by atoms with van der Waals surface area (Å²) in [6.45, 7) is 3.28. The standard InChI is InChI=1S/C14H14ClFN2O2S/c1-8-5-10(16)3-4-13(8)18-21(19,20)11-6-9(2)14(15)12(17)7-11/h3-7,18H,17H2,1-2H3. The first-order valence-corrected chi connectivity index (χ1v) is 7.91. The monoisotopic (exact) mass is 328 g/mol. The van der Waals surface area contributed by atoms with E-state index in [4.69, 9.17) is 17.3 Å². The zero-order chi connectivity index (χ0) is 15.8. The molecule has 4 nitrogen and oxygen atoms in total. The van der Waals surface area contributed by atoms with Crippen LogP contribution in [0.3, 0.4) is 0 Å². The number of nitrogen functional groups attached to an aromatic ring is 1. The first-order chi connectivity index (χ1) is 9.70. The topological polar surface area (TPSA) is 72.2 Å². The van der Waals surface area contributed by atoms with Crippen molar-refractivity contribution < 1.29 is 12.8 Å². The number of hydrogen-bond donors (Lipinski definition) is 2. The van der Waals surface area contributed by atoms with E-state index >= 15 is 0 Å². The molecule has 0 aliphatic carbocycles. The molecule has 0 saturated carbocycles. The van der Waals surface area contributed by atoms with E-state index in [1.807, 2.05) is 0 Å². The summed E-state index contributed by atoms with van der Waals surface area (Å²) >= 11 is 5.92. The third kappa shape index (κ3) is 3.28. The van der Waals surface area contributed by atoms with E-state index in [2.05, 4.69) is 4.72 Å². The van der Waals surface area contributed by atoms with Gasteiger partial charge in [-0.25, -0.2) is 12.8 Å². The van der Waals surface area contributed by atoms with E-state index in [-0.39, 0.29) is 10.6 Å². The number of nitrogens with one attached hydrogen (secondary N) is 1. The molecule has 7 heteroatoms. The van der Waals surface area contributed by atoms with Crippen molar-refractivity contribution in [2.24, 2.45) is 0 Å². The van der Waals surface area contributed by atoms with E-state index in [1.165, 1.54) is 30.3 Å². The first kappa shape index (κ1) is 15.6. The number of aryl methyl sites for hydroxylation is 2. The lowest BCUT2D eigenvalue weighted by molar-refractivity contribution is 0.601. The van der Waals surface area contributed by atoms with Crippen LogP contribution < -0.4 is 10.5 Å². The molecule has 0 unspecified atom stereocenters. The van der Waals surface area contributed by atoms with Crippen LogP contribution in [0, 0.1) is 19.7 Å². The van der Waals surface area contributed by atoms with Crippen LogP contribution in [-0.4, -0.2) is 8.42 Å². The summed E-state index contributed by atoms with van der Waals surface area (Å²) in [5.74, 6) is -0.429. The Labute approximate surface area is 127 Å². The van der Waals surface area contributed by atoms with Gasteiger partial charge in [-0.3, -0.25) is 4.72 Å². The lowest BCUT2D eigenvalue weighted by Crippen LogP contribution is -2.14. The molecular weight excluding hydrogens is 315 g/mol. The molecule has 0 aliphatic rings. The van der Waals surface area contributed by atoms with Crippen LogP contribution in [0.4, 0.5) is 15.8 Å². The van der Waals surface area contributed by atoms with Gasteiger partial charge < -0.3 is 5.73 Å². The minimum Gasteiger partial charge on any atom is -0.397 e. The SMILES string of the molecule is Cc1cc(F)ccc1NS(=O)(=O)c1cc(C)c(Cl)c(N)c1. The van der Waals surface area contributed by atoms with Crippen LogP contribution in [0.25, 0.3) is 0 Å². The number of sulfonamides is 1. The Hall–Kier alpha value is -1.79. The third-order valence-corrected chi connectivity index (χ3v) is 4.86. The van der Waals surface area contributed by atoms with Crippen molar-refractivity contribution in [3.63, 3.8) is 0 Å². The summed E-state index contributed by atoms with van der Waals surface area (Å²) in [5, 5.41) is 0.326. The van der Waals surface area contributed by atoms with Gasteiger partial charge in [0.05, 0.1) is 21.3 Å². The Morgan fingerprint density at radius 1 is 1.14 bits per heavy atom. The molecule has 3 N–H and O–H groups in total. The Morgan fingerprint density at radius 3 is 2.38 bits per heavy atom. The number of nitrogens with two attached hydrogens (primary N) is 1. The quantitative estimate of drug-likeness (QED) is 0.847. The van der Waals surface area contributed by atoms with Crippen molar-refractivity contribution in [3.05, 3.63) is 52.3 Å². The average Bonchev–Trinajstić information content (AvgIpc) is 2.38. The molecule has 0 saturated heterocycles. The van der Waals surface area contributed by atoms with Gasteiger partial charge >= 0.3 is 0 Å². The predicted octanol–water partition coefficient (Wildman–Crippen LogP) is 3.48. The Balaban J connectivity index is 2.43. The first-order valence-electron chi connectivity index (χ1n) is 6.05. The minimum atomic E-state index is -3.82. The Bertz CT molecular complexity index is 784. The van der Waals surface area contributed by atoms with E-state index in [9.17, 15) is 12.8 Å². The second-order valence-electron chi connectivity index (χ2n) is 4.71. The van der Waals surface area contributed by atoms with Crippen LogP contribution in [-0.2, 0) is 10.0 Å². The molecule has 2 aromatic rings. The highest BCUT2D eigenvalue weighted by Crippen LogP contribution is 2.28. The fourth-order valence-electron chi connectivity index (χ4n) is 1.86. The smallest absolute Gasteiger partial charge is 0.261 e. The molecule has 0 aliphatic heterocycles. The van der Waals surface area contributed by atoms with Gasteiger partial charge in [0, 0.05) is 0 Å². The maximum Gasteiger partial charge on any atom is 0.261 e. The summed E-state index contributed by atoms with van der Waals surface area (Å²) in [4.78, 5) is 0.00521. The lowest BCUT2D eigenvalue weighted by atomic mass is 10.2. The van der Waals surface area contributed by atoms with Crippen molar-refractivity contribution >= 4 is 33.0 Å². The predicted molar refractivity (Wildman–Crippen MR) is 82.5 cm³/mol. The number of rotatable bonds is 3. The van der Waals surface area contributed by atoms with Crippen molar-refractivity contribution in [2.75, 3.05) is 10.5 Å². The molecule has 112 valence electrons. The van der Waals surface area contributed by atoms with Crippen molar-refractivity contribution in [3.8, 4) is 0 Å². The van der Waals surface area contributed by atoms with Crippen LogP contribution in [0.15, 0.2) is 35.2 Å². The number of hydrogen-bond acceptors (Lipinski definition) is 3. The second kappa shape index (κ2) is 5.54. The molecule has 0 amide bonds. The highest BCUT2D eigenvalue weighted by molar-refractivity contribution is 7.92. The van der Waals surface area contributed by atoms with Gasteiger partial charge in [0.15, 0.2) is 0 Å². The molecule has 0 fully saturated rings. The summed E-state index contributed by atoms with van der Waals surface area (Å²) < 4.78 is 40.2. The Morgan fingerprint density at radius 2 is 1.81 bits per heavy atom. The third-order valence-electron chi connectivity index (χ3n) is 3.00. The summed E-state index contributed by atoms with van der Waals surface area (Å²) in [5.41, 5.74) is 7.23. The lowest BCUT2D eigenvalue weighted by Gasteiger charge is -2.12. The molecule has 0 radical (unpaired) electrons. The fourth-order valence-corrected chi connectivity index (χ4v) is 3.22. The van der Waals surface area contributed by atoms with Gasteiger partial charge in [0.25, 0.3) is 10.0 Å². The Kier molecular flexibility index (Phi) is 4.11. The molecule has 0 heterocycles. The molecule has 0 aromatic heterocycles. The zero-order valence-corrected chi connectivity index (χ0v) is 13.0. The average molecular weight is 329 g/mol. The normalized spacial score (nSPS) is 11.4. The molecule has 0 bridgehead atoms. The van der Waals surface area contributed by atoms with Crippen LogP contribution in [0.5, 0.6) is 0 Å². The maximum atomic E-state index is 13.0. The largest absolute Gasteiger partial charge is 0.397 e. The van der Waals surface area contributed by atoms with Gasteiger partial charge in [-0.15, -0.1) is 0 Å². The van der Waals surface area contributed by atoms with Gasteiger partial charge in [-0.1, -0.05) is 11.6 Å². The van der Waals surface area contributed by atoms with E-state index in [1.54, 1.807) is 13.8 Å². The number of benzene rings is 2. The highest BCUT2D eigenvalue weighted by Gasteiger charge is 2.18. The molecular formula is C14H14ClFN2O2S. The fraction of sp³-hybridized carbons (Fsp3) is 0.143. The van der Waals surface area contributed by atoms with Gasteiger partial charge in [0.2, 0.25) is 0 Å². The van der Waals surface area contributed by atoms with Crippen LogP contribution in [0.2, 0.25) is 5.02 Å². The van der Waals surface area contributed by atoms with Crippen LogP contribution >= 0.6 is 11.6 Å². The van der Waals surface area contributed by atoms with Gasteiger partial charge in [-0.2, -0.15) is 0 Å². The van der Waals surface area contributed by atoms with Crippen LogP contribution in [0.1, 0.15) is 11.1 Å². The van der Waals surface area contributed by atoms with Crippen molar-refractivity contribution in [1.29, 1.82) is 0 Å². The minimum absolute atomic E-state index is 0.00521. The second-order valence-corrected chi connectivity index (χ2v) is 6.77. The maximum absolute atomic E-state index is 13.0. The van der Waals surface area contributed by atoms with E-state index in [0.717, 1.165) is 0 Å². The zero-order valence-electron chi connectivity index (χ0n) is 11.4. The van der Waals surface area contributed by atoms with E-state index in [0.29, 0.717) is 21.8 Å². The van der Waals surface area contributed by atoms with Crippen molar-refractivity contribution in [1.82, 2.24) is 0 Å². The molecule has 0 spiro atoms. The summed E-state index contributed by atoms with van der Waals surface area (Å²) in [6.07, 6.45) is 0. The number of halogens is 2. The summed E-state index contributed by atoms with van der Waals surface area (Å²) in [7, 11) is -3.82. The highest BCUT2D eigenvalue weighted by atomic mass is 35.5. The van der Waals surface area contributed by atoms with Gasteiger partial charge in [0.1, 0.15) is 5.82 Å². The van der Waals surface area contributed by atoms with E-state index < -0.39 is 15.8 Å².